The molecule has 90 valence electrons. The molecule has 0 aliphatic rings. The summed E-state index contributed by atoms with van der Waals surface area (Å²) in [5.41, 5.74) is 1.00. The van der Waals surface area contributed by atoms with E-state index in [4.69, 9.17) is 0 Å². The van der Waals surface area contributed by atoms with Gasteiger partial charge in [0.05, 0.1) is 5.69 Å². The highest BCUT2D eigenvalue weighted by Crippen LogP contribution is 2.20. The van der Waals surface area contributed by atoms with E-state index in [0.717, 1.165) is 18.7 Å². The number of hydrogen-bond donors (Lipinski definition) is 2. The molecular formula is C13H22N2O. The molecule has 2 atom stereocenters. The van der Waals surface area contributed by atoms with Gasteiger partial charge in [-0.2, -0.15) is 0 Å². The maximum Gasteiger partial charge on any atom is 0.0570 e. The Morgan fingerprint density at radius 1 is 1.50 bits per heavy atom. The van der Waals surface area contributed by atoms with Crippen LogP contribution in [0.1, 0.15) is 38.9 Å². The van der Waals surface area contributed by atoms with Crippen molar-refractivity contribution < 1.29 is 5.11 Å². The minimum atomic E-state index is -0.0387. The van der Waals surface area contributed by atoms with Crippen molar-refractivity contribution in [2.75, 3.05) is 13.2 Å². The van der Waals surface area contributed by atoms with Crippen molar-refractivity contribution in [2.24, 2.45) is 5.41 Å². The lowest BCUT2D eigenvalue weighted by Crippen LogP contribution is -2.35. The molecule has 0 radical (unpaired) electrons. The second-order valence-electron chi connectivity index (χ2n) is 4.68. The number of pyridine rings is 1. The molecule has 0 amide bonds. The first kappa shape index (κ1) is 13.1. The van der Waals surface area contributed by atoms with Crippen molar-refractivity contribution in [3.05, 3.63) is 30.1 Å². The maximum absolute atomic E-state index is 9.31. The number of aromatic nitrogens is 1. The number of aliphatic hydroxyl groups is 1. The third-order valence-electron chi connectivity index (χ3n) is 3.20. The van der Waals surface area contributed by atoms with Crippen LogP contribution in [0.5, 0.6) is 0 Å². The number of rotatable bonds is 6. The second kappa shape index (κ2) is 5.97. The Labute approximate surface area is 97.9 Å². The standard InChI is InChI=1S/C13H22N2O/c1-4-13(3,10-16)9-15-11(2)12-7-5-6-8-14-12/h5-8,11,15-16H,4,9-10H2,1-3H3/t11-,13?/m1/s1. The minimum Gasteiger partial charge on any atom is -0.396 e. The highest BCUT2D eigenvalue weighted by molar-refractivity contribution is 5.07. The van der Waals surface area contributed by atoms with Gasteiger partial charge in [-0.25, -0.2) is 0 Å². The first-order valence-electron chi connectivity index (χ1n) is 5.86. The molecule has 0 bridgehead atoms. The quantitative estimate of drug-likeness (QED) is 0.775. The molecule has 1 unspecified atom stereocenters. The summed E-state index contributed by atoms with van der Waals surface area (Å²) in [6.07, 6.45) is 2.77. The molecule has 0 saturated carbocycles. The molecule has 0 fully saturated rings. The minimum absolute atomic E-state index is 0.0387. The Hall–Kier alpha value is -0.930. The Morgan fingerprint density at radius 2 is 2.25 bits per heavy atom. The van der Waals surface area contributed by atoms with Gasteiger partial charge < -0.3 is 10.4 Å². The molecule has 3 nitrogen and oxygen atoms in total. The summed E-state index contributed by atoms with van der Waals surface area (Å²) >= 11 is 0. The number of nitrogens with one attached hydrogen (secondary N) is 1. The average molecular weight is 222 g/mol. The maximum atomic E-state index is 9.31. The van der Waals surface area contributed by atoms with E-state index in [1.165, 1.54) is 0 Å². The van der Waals surface area contributed by atoms with Crippen LogP contribution in [0.4, 0.5) is 0 Å². The van der Waals surface area contributed by atoms with Gasteiger partial charge >= 0.3 is 0 Å². The molecule has 3 heteroatoms. The van der Waals surface area contributed by atoms with Gasteiger partial charge in [-0.05, 0) is 25.5 Å². The summed E-state index contributed by atoms with van der Waals surface area (Å²) in [5.74, 6) is 0. The summed E-state index contributed by atoms with van der Waals surface area (Å²) in [7, 11) is 0. The normalized spacial score (nSPS) is 16.8. The van der Waals surface area contributed by atoms with E-state index in [1.54, 1.807) is 6.20 Å². The highest BCUT2D eigenvalue weighted by atomic mass is 16.3. The Morgan fingerprint density at radius 3 is 2.75 bits per heavy atom. The van der Waals surface area contributed by atoms with E-state index in [0.29, 0.717) is 0 Å². The third kappa shape index (κ3) is 3.58. The van der Waals surface area contributed by atoms with E-state index in [2.05, 4.69) is 31.1 Å². The Kier molecular flexibility index (Phi) is 4.90. The lowest BCUT2D eigenvalue weighted by Gasteiger charge is -2.27. The fourth-order valence-electron chi connectivity index (χ4n) is 1.43. The highest BCUT2D eigenvalue weighted by Gasteiger charge is 2.21. The van der Waals surface area contributed by atoms with Gasteiger partial charge in [0, 0.05) is 30.8 Å². The zero-order chi connectivity index (χ0) is 12.0. The van der Waals surface area contributed by atoms with Crippen LogP contribution in [0.2, 0.25) is 0 Å². The fourth-order valence-corrected chi connectivity index (χ4v) is 1.43. The van der Waals surface area contributed by atoms with Gasteiger partial charge in [0.1, 0.15) is 0 Å². The lowest BCUT2D eigenvalue weighted by atomic mass is 9.88. The summed E-state index contributed by atoms with van der Waals surface area (Å²) in [6, 6.07) is 6.14. The third-order valence-corrected chi connectivity index (χ3v) is 3.20. The largest absolute Gasteiger partial charge is 0.396 e. The van der Waals surface area contributed by atoms with E-state index >= 15 is 0 Å². The monoisotopic (exact) mass is 222 g/mol. The fraction of sp³-hybridized carbons (Fsp3) is 0.615. The van der Waals surface area contributed by atoms with E-state index in [-0.39, 0.29) is 18.1 Å². The van der Waals surface area contributed by atoms with Gasteiger partial charge in [0.25, 0.3) is 0 Å². The Bertz CT molecular complexity index is 296. The second-order valence-corrected chi connectivity index (χ2v) is 4.68. The van der Waals surface area contributed by atoms with Crippen LogP contribution in [-0.2, 0) is 0 Å². The first-order valence-corrected chi connectivity index (χ1v) is 5.86. The molecule has 0 aromatic carbocycles. The topological polar surface area (TPSA) is 45.1 Å². The number of nitrogens with zero attached hydrogens (tertiary/aromatic N) is 1. The van der Waals surface area contributed by atoms with Gasteiger partial charge in [0.2, 0.25) is 0 Å². The van der Waals surface area contributed by atoms with Crippen molar-refractivity contribution in [3.63, 3.8) is 0 Å². The molecule has 0 spiro atoms. The Balaban J connectivity index is 2.50. The van der Waals surface area contributed by atoms with Crippen LogP contribution in [0, 0.1) is 5.41 Å². The molecule has 1 rings (SSSR count). The van der Waals surface area contributed by atoms with Crippen LogP contribution in [0.3, 0.4) is 0 Å². The van der Waals surface area contributed by atoms with Crippen molar-refractivity contribution in [1.29, 1.82) is 0 Å². The number of hydrogen-bond acceptors (Lipinski definition) is 3. The predicted octanol–water partition coefficient (Wildman–Crippen LogP) is 2.14. The van der Waals surface area contributed by atoms with Crippen molar-refractivity contribution in [2.45, 2.75) is 33.2 Å². The molecule has 1 aromatic heterocycles. The molecule has 16 heavy (non-hydrogen) atoms. The molecule has 0 aliphatic carbocycles. The van der Waals surface area contributed by atoms with E-state index < -0.39 is 0 Å². The van der Waals surface area contributed by atoms with Crippen LogP contribution >= 0.6 is 0 Å². The molecule has 1 heterocycles. The van der Waals surface area contributed by atoms with Crippen LogP contribution < -0.4 is 5.32 Å². The molecular weight excluding hydrogens is 200 g/mol. The summed E-state index contributed by atoms with van der Waals surface area (Å²) < 4.78 is 0. The zero-order valence-corrected chi connectivity index (χ0v) is 10.4. The first-order chi connectivity index (χ1) is 7.61. The van der Waals surface area contributed by atoms with E-state index in [9.17, 15) is 5.11 Å². The summed E-state index contributed by atoms with van der Waals surface area (Å²) in [5, 5.41) is 12.7. The summed E-state index contributed by atoms with van der Waals surface area (Å²) in [4.78, 5) is 4.31. The zero-order valence-electron chi connectivity index (χ0n) is 10.4. The SMILES string of the molecule is CCC(C)(CO)CN[C@H](C)c1ccccn1. The van der Waals surface area contributed by atoms with Crippen molar-refractivity contribution >= 4 is 0 Å². The van der Waals surface area contributed by atoms with Gasteiger partial charge in [-0.15, -0.1) is 0 Å². The van der Waals surface area contributed by atoms with Crippen molar-refractivity contribution in [3.8, 4) is 0 Å². The molecule has 0 saturated heterocycles. The van der Waals surface area contributed by atoms with E-state index in [1.807, 2.05) is 18.2 Å². The smallest absolute Gasteiger partial charge is 0.0570 e. The van der Waals surface area contributed by atoms with Gasteiger partial charge in [0.15, 0.2) is 0 Å². The van der Waals surface area contributed by atoms with Crippen molar-refractivity contribution in [1.82, 2.24) is 10.3 Å². The molecule has 2 N–H and O–H groups in total. The van der Waals surface area contributed by atoms with Crippen LogP contribution in [0.15, 0.2) is 24.4 Å². The molecule has 1 aromatic rings. The average Bonchev–Trinajstić information content (AvgIpc) is 2.36. The van der Waals surface area contributed by atoms with Gasteiger partial charge in [-0.1, -0.05) is 19.9 Å². The number of aliphatic hydroxyl groups excluding tert-OH is 1. The van der Waals surface area contributed by atoms with Crippen LogP contribution in [-0.4, -0.2) is 23.2 Å². The lowest BCUT2D eigenvalue weighted by molar-refractivity contribution is 0.132. The van der Waals surface area contributed by atoms with Gasteiger partial charge in [-0.3, -0.25) is 4.98 Å². The molecule has 0 aliphatic heterocycles. The predicted molar refractivity (Wildman–Crippen MR) is 66.1 cm³/mol. The van der Waals surface area contributed by atoms with Crippen LogP contribution in [0.25, 0.3) is 0 Å². The summed E-state index contributed by atoms with van der Waals surface area (Å²) in [6.45, 7) is 7.30.